The largest absolute Gasteiger partial charge is 0.497 e. The maximum Gasteiger partial charge on any atom is 0.159 e. The number of aromatic amines is 1. The highest BCUT2D eigenvalue weighted by atomic mass is 35.5. The van der Waals surface area contributed by atoms with Gasteiger partial charge in [-0.3, -0.25) is 5.10 Å². The number of methoxy groups -OCH3 is 1. The summed E-state index contributed by atoms with van der Waals surface area (Å²) >= 11 is 6.33. The lowest BCUT2D eigenvalue weighted by atomic mass is 10.1. The van der Waals surface area contributed by atoms with Gasteiger partial charge in [0.15, 0.2) is 5.65 Å². The zero-order chi connectivity index (χ0) is 16.7. The second-order valence-electron chi connectivity index (χ2n) is 5.39. The van der Waals surface area contributed by atoms with E-state index in [9.17, 15) is 0 Å². The zero-order valence-electron chi connectivity index (χ0n) is 13.1. The molecule has 0 radical (unpaired) electrons. The summed E-state index contributed by atoms with van der Waals surface area (Å²) in [6.07, 6.45) is 0. The normalized spacial score (nSPS) is 11.1. The average Bonchev–Trinajstić information content (AvgIpc) is 2.97. The Hall–Kier alpha value is -2.79. The molecule has 0 saturated heterocycles. The van der Waals surface area contributed by atoms with Crippen molar-refractivity contribution < 1.29 is 9.47 Å². The average molecular weight is 340 g/mol. The van der Waals surface area contributed by atoms with Gasteiger partial charge in [0.25, 0.3) is 0 Å². The number of pyridine rings is 1. The van der Waals surface area contributed by atoms with Crippen LogP contribution in [0, 0.1) is 6.92 Å². The van der Waals surface area contributed by atoms with Gasteiger partial charge in [-0.15, -0.1) is 0 Å². The molecular weight excluding hydrogens is 326 g/mol. The third kappa shape index (κ3) is 2.34. The predicted molar refractivity (Wildman–Crippen MR) is 94.2 cm³/mol. The standard InChI is InChI=1S/C18H14ClN3O2/c1-10-16-17(24-15-8-7-11(23-2)9-13(15)19)12-5-3-4-6-14(12)20-18(16)22-21-10/h3-9H,1-2H3,(H,20,21,22). The Morgan fingerprint density at radius 2 is 1.96 bits per heavy atom. The van der Waals surface area contributed by atoms with Crippen LogP contribution >= 0.6 is 11.6 Å². The molecule has 0 bridgehead atoms. The fourth-order valence-corrected chi connectivity index (χ4v) is 2.91. The van der Waals surface area contributed by atoms with Gasteiger partial charge in [-0.25, -0.2) is 4.98 Å². The molecule has 2 heterocycles. The summed E-state index contributed by atoms with van der Waals surface area (Å²) in [7, 11) is 1.60. The SMILES string of the molecule is COc1ccc(Oc2c3ccccc3nc3[nH]nc(C)c23)c(Cl)c1. The minimum Gasteiger partial charge on any atom is -0.497 e. The van der Waals surface area contributed by atoms with Crippen molar-refractivity contribution in [3.8, 4) is 17.2 Å². The maximum atomic E-state index is 6.33. The van der Waals surface area contributed by atoms with E-state index in [4.69, 9.17) is 21.1 Å². The number of benzene rings is 2. The first-order valence-electron chi connectivity index (χ1n) is 7.42. The molecule has 0 unspecified atom stereocenters. The molecule has 5 nitrogen and oxygen atoms in total. The Balaban J connectivity index is 1.95. The Bertz CT molecular complexity index is 1060. The molecule has 6 heteroatoms. The number of hydrogen-bond acceptors (Lipinski definition) is 4. The third-order valence-electron chi connectivity index (χ3n) is 3.89. The van der Waals surface area contributed by atoms with Crippen LogP contribution in [-0.4, -0.2) is 22.3 Å². The van der Waals surface area contributed by atoms with Crippen LogP contribution in [0.4, 0.5) is 0 Å². The van der Waals surface area contributed by atoms with Crippen LogP contribution in [0.25, 0.3) is 21.9 Å². The van der Waals surface area contributed by atoms with Gasteiger partial charge in [0.2, 0.25) is 0 Å². The van der Waals surface area contributed by atoms with Gasteiger partial charge >= 0.3 is 0 Å². The van der Waals surface area contributed by atoms with Crippen molar-refractivity contribution in [1.82, 2.24) is 15.2 Å². The van der Waals surface area contributed by atoms with Gasteiger partial charge in [0.1, 0.15) is 17.2 Å². The van der Waals surface area contributed by atoms with E-state index in [1.165, 1.54) is 0 Å². The summed E-state index contributed by atoms with van der Waals surface area (Å²) in [4.78, 5) is 4.60. The number of H-pyrrole nitrogens is 1. The summed E-state index contributed by atoms with van der Waals surface area (Å²) in [5.74, 6) is 1.92. The Morgan fingerprint density at radius 3 is 2.75 bits per heavy atom. The molecule has 24 heavy (non-hydrogen) atoms. The molecule has 4 rings (SSSR count). The summed E-state index contributed by atoms with van der Waals surface area (Å²) < 4.78 is 11.4. The van der Waals surface area contributed by atoms with E-state index in [-0.39, 0.29) is 0 Å². The molecule has 0 amide bonds. The Morgan fingerprint density at radius 1 is 1.12 bits per heavy atom. The van der Waals surface area contributed by atoms with E-state index in [0.717, 1.165) is 22.0 Å². The van der Waals surface area contributed by atoms with Crippen LogP contribution in [-0.2, 0) is 0 Å². The van der Waals surface area contributed by atoms with Crippen molar-refractivity contribution in [2.45, 2.75) is 6.92 Å². The van der Waals surface area contributed by atoms with E-state index >= 15 is 0 Å². The number of rotatable bonds is 3. The lowest BCUT2D eigenvalue weighted by Gasteiger charge is -2.12. The van der Waals surface area contributed by atoms with Gasteiger partial charge < -0.3 is 9.47 Å². The first kappa shape index (κ1) is 14.8. The summed E-state index contributed by atoms with van der Waals surface area (Å²) in [5.41, 5.74) is 2.34. The van der Waals surface area contributed by atoms with Gasteiger partial charge in [0, 0.05) is 11.5 Å². The van der Waals surface area contributed by atoms with Crippen molar-refractivity contribution in [2.24, 2.45) is 0 Å². The van der Waals surface area contributed by atoms with Crippen molar-refractivity contribution in [3.05, 3.63) is 53.2 Å². The highest BCUT2D eigenvalue weighted by molar-refractivity contribution is 6.32. The molecule has 0 aliphatic rings. The van der Waals surface area contributed by atoms with Crippen LogP contribution in [0.3, 0.4) is 0 Å². The fraction of sp³-hybridized carbons (Fsp3) is 0.111. The molecule has 0 saturated carbocycles. The molecular formula is C18H14ClN3O2. The van der Waals surface area contributed by atoms with Crippen molar-refractivity contribution in [1.29, 1.82) is 0 Å². The first-order valence-corrected chi connectivity index (χ1v) is 7.80. The van der Waals surface area contributed by atoms with Crippen molar-refractivity contribution in [3.63, 3.8) is 0 Å². The van der Waals surface area contributed by atoms with E-state index < -0.39 is 0 Å². The van der Waals surface area contributed by atoms with E-state index in [2.05, 4.69) is 15.2 Å². The fourth-order valence-electron chi connectivity index (χ4n) is 2.70. The van der Waals surface area contributed by atoms with E-state index in [0.29, 0.717) is 27.9 Å². The predicted octanol–water partition coefficient (Wildman–Crippen LogP) is 4.87. The lowest BCUT2D eigenvalue weighted by Crippen LogP contribution is -1.92. The molecule has 0 aliphatic carbocycles. The Kier molecular flexibility index (Phi) is 3.50. The molecule has 0 spiro atoms. The maximum absolute atomic E-state index is 6.33. The molecule has 2 aromatic carbocycles. The quantitative estimate of drug-likeness (QED) is 0.578. The van der Waals surface area contributed by atoms with Gasteiger partial charge in [-0.05, 0) is 31.2 Å². The number of ether oxygens (including phenoxy) is 2. The third-order valence-corrected chi connectivity index (χ3v) is 4.18. The summed E-state index contributed by atoms with van der Waals surface area (Å²) in [6.45, 7) is 1.91. The number of aryl methyl sites for hydroxylation is 1. The minimum atomic E-state index is 0.476. The molecule has 120 valence electrons. The van der Waals surface area contributed by atoms with Crippen LogP contribution in [0.1, 0.15) is 5.69 Å². The number of fused-ring (bicyclic) bond motifs is 2. The number of hydrogen-bond donors (Lipinski definition) is 1. The highest BCUT2D eigenvalue weighted by Gasteiger charge is 2.16. The molecule has 0 fully saturated rings. The number of halogens is 1. The van der Waals surface area contributed by atoms with Crippen molar-refractivity contribution >= 4 is 33.5 Å². The smallest absolute Gasteiger partial charge is 0.159 e. The van der Waals surface area contributed by atoms with Crippen LogP contribution in [0.15, 0.2) is 42.5 Å². The van der Waals surface area contributed by atoms with Gasteiger partial charge in [-0.1, -0.05) is 23.7 Å². The molecule has 4 aromatic rings. The second kappa shape index (κ2) is 5.69. The number of nitrogens with zero attached hydrogens (tertiary/aromatic N) is 2. The first-order chi connectivity index (χ1) is 11.7. The summed E-state index contributed by atoms with van der Waals surface area (Å²) in [6, 6.07) is 13.1. The van der Waals surface area contributed by atoms with Crippen LogP contribution < -0.4 is 9.47 Å². The molecule has 2 aromatic heterocycles. The summed E-state index contributed by atoms with van der Waals surface area (Å²) in [5, 5.41) is 9.42. The monoisotopic (exact) mass is 339 g/mol. The Labute approximate surface area is 143 Å². The van der Waals surface area contributed by atoms with E-state index in [1.54, 1.807) is 19.2 Å². The van der Waals surface area contributed by atoms with Crippen LogP contribution in [0.2, 0.25) is 5.02 Å². The lowest BCUT2D eigenvalue weighted by molar-refractivity contribution is 0.413. The number of aromatic nitrogens is 3. The molecule has 0 aliphatic heterocycles. The molecule has 0 atom stereocenters. The molecule has 1 N–H and O–H groups in total. The highest BCUT2D eigenvalue weighted by Crippen LogP contribution is 2.39. The van der Waals surface area contributed by atoms with Crippen LogP contribution in [0.5, 0.6) is 17.2 Å². The van der Waals surface area contributed by atoms with Crippen molar-refractivity contribution in [2.75, 3.05) is 7.11 Å². The number of nitrogens with one attached hydrogen (secondary N) is 1. The topological polar surface area (TPSA) is 60.0 Å². The number of para-hydroxylation sites is 1. The van der Waals surface area contributed by atoms with Gasteiger partial charge in [0.05, 0.1) is 28.7 Å². The van der Waals surface area contributed by atoms with Gasteiger partial charge in [-0.2, -0.15) is 5.10 Å². The second-order valence-corrected chi connectivity index (χ2v) is 5.80. The van der Waals surface area contributed by atoms with E-state index in [1.807, 2.05) is 37.3 Å². The zero-order valence-corrected chi connectivity index (χ0v) is 13.9. The minimum absolute atomic E-state index is 0.476.